The van der Waals surface area contributed by atoms with Crippen LogP contribution in [0.3, 0.4) is 0 Å². The van der Waals surface area contributed by atoms with Crippen LogP contribution in [0.15, 0.2) is 11.9 Å². The van der Waals surface area contributed by atoms with E-state index in [1.165, 1.54) is 0 Å². The van der Waals surface area contributed by atoms with Gasteiger partial charge >= 0.3 is 0 Å². The highest BCUT2D eigenvalue weighted by molar-refractivity contribution is 4.95. The SMILES string of the molecule is CC/C(=C/NC(C)C)NN. The van der Waals surface area contributed by atoms with E-state index in [1.54, 1.807) is 0 Å². The Morgan fingerprint density at radius 1 is 1.60 bits per heavy atom. The third-order valence-corrected chi connectivity index (χ3v) is 1.16. The monoisotopic (exact) mass is 143 g/mol. The second kappa shape index (κ2) is 5.11. The molecule has 10 heavy (non-hydrogen) atoms. The van der Waals surface area contributed by atoms with Crippen molar-refractivity contribution in [2.24, 2.45) is 5.84 Å². The Morgan fingerprint density at radius 3 is 2.50 bits per heavy atom. The number of nitrogens with two attached hydrogens (primary N) is 1. The summed E-state index contributed by atoms with van der Waals surface area (Å²) >= 11 is 0. The molecule has 4 N–H and O–H groups in total. The highest BCUT2D eigenvalue weighted by Gasteiger charge is 1.89. The fraction of sp³-hybridized carbons (Fsp3) is 0.714. The van der Waals surface area contributed by atoms with Gasteiger partial charge in [0.25, 0.3) is 0 Å². The van der Waals surface area contributed by atoms with Gasteiger partial charge in [0.1, 0.15) is 0 Å². The van der Waals surface area contributed by atoms with Crippen LogP contribution in [0.25, 0.3) is 0 Å². The predicted octanol–water partition coefficient (Wildman–Crippen LogP) is 0.699. The van der Waals surface area contributed by atoms with Gasteiger partial charge in [-0.1, -0.05) is 6.92 Å². The molecule has 0 aliphatic heterocycles. The van der Waals surface area contributed by atoms with Crippen LogP contribution in [0.5, 0.6) is 0 Å². The molecule has 0 heterocycles. The first kappa shape index (κ1) is 9.30. The van der Waals surface area contributed by atoms with Crippen LogP contribution < -0.4 is 16.6 Å². The topological polar surface area (TPSA) is 50.1 Å². The summed E-state index contributed by atoms with van der Waals surface area (Å²) in [4.78, 5) is 0. The van der Waals surface area contributed by atoms with Crippen LogP contribution in [0.1, 0.15) is 27.2 Å². The Bertz CT molecular complexity index is 101. The molecule has 0 bridgehead atoms. The minimum absolute atomic E-state index is 0.467. The van der Waals surface area contributed by atoms with E-state index in [0.717, 1.165) is 12.1 Å². The molecule has 0 aromatic carbocycles. The molecule has 0 unspecified atom stereocenters. The van der Waals surface area contributed by atoms with E-state index >= 15 is 0 Å². The lowest BCUT2D eigenvalue weighted by Crippen LogP contribution is -2.25. The van der Waals surface area contributed by atoms with E-state index < -0.39 is 0 Å². The maximum atomic E-state index is 5.21. The molecule has 0 atom stereocenters. The summed E-state index contributed by atoms with van der Waals surface area (Å²) < 4.78 is 0. The molecule has 0 rings (SSSR count). The quantitative estimate of drug-likeness (QED) is 0.401. The van der Waals surface area contributed by atoms with Crippen LogP contribution in [0.2, 0.25) is 0 Å². The molecule has 0 saturated carbocycles. The summed E-state index contributed by atoms with van der Waals surface area (Å²) in [6.07, 6.45) is 2.83. The Balaban J connectivity index is 3.63. The number of hydrogen-bond acceptors (Lipinski definition) is 3. The normalized spacial score (nSPS) is 11.9. The van der Waals surface area contributed by atoms with E-state index in [-0.39, 0.29) is 0 Å². The van der Waals surface area contributed by atoms with E-state index in [0.29, 0.717) is 6.04 Å². The van der Waals surface area contributed by atoms with Crippen LogP contribution in [-0.4, -0.2) is 6.04 Å². The van der Waals surface area contributed by atoms with Crippen molar-refractivity contribution < 1.29 is 0 Å². The third-order valence-electron chi connectivity index (χ3n) is 1.16. The van der Waals surface area contributed by atoms with Gasteiger partial charge in [-0.15, -0.1) is 0 Å². The molecule has 0 amide bonds. The van der Waals surface area contributed by atoms with Crippen molar-refractivity contribution >= 4 is 0 Å². The highest BCUT2D eigenvalue weighted by Crippen LogP contribution is 1.90. The Hall–Kier alpha value is -0.700. The van der Waals surface area contributed by atoms with E-state index in [1.807, 2.05) is 13.1 Å². The second-order valence-electron chi connectivity index (χ2n) is 2.49. The van der Waals surface area contributed by atoms with Crippen LogP contribution >= 0.6 is 0 Å². The Kier molecular flexibility index (Phi) is 4.76. The van der Waals surface area contributed by atoms with Crippen molar-refractivity contribution in [2.75, 3.05) is 0 Å². The Morgan fingerprint density at radius 2 is 2.20 bits per heavy atom. The van der Waals surface area contributed by atoms with Gasteiger partial charge in [0.15, 0.2) is 0 Å². The number of rotatable bonds is 4. The molecule has 0 fully saturated rings. The maximum absolute atomic E-state index is 5.21. The minimum Gasteiger partial charge on any atom is -0.387 e. The average molecular weight is 143 g/mol. The molecular formula is C7H17N3. The summed E-state index contributed by atoms with van der Waals surface area (Å²) in [5.41, 5.74) is 3.63. The number of allylic oxidation sites excluding steroid dienone is 1. The van der Waals surface area contributed by atoms with E-state index in [9.17, 15) is 0 Å². The maximum Gasteiger partial charge on any atom is 0.0413 e. The van der Waals surface area contributed by atoms with E-state index in [4.69, 9.17) is 5.84 Å². The smallest absolute Gasteiger partial charge is 0.0413 e. The molecule has 0 aliphatic rings. The summed E-state index contributed by atoms with van der Waals surface area (Å²) in [6.45, 7) is 6.22. The Labute approximate surface area is 62.6 Å². The molecule has 0 aliphatic carbocycles. The summed E-state index contributed by atoms with van der Waals surface area (Å²) in [6, 6.07) is 0.467. The van der Waals surface area contributed by atoms with Crippen molar-refractivity contribution in [1.82, 2.24) is 10.7 Å². The van der Waals surface area contributed by atoms with Gasteiger partial charge in [-0.25, -0.2) is 0 Å². The lowest BCUT2D eigenvalue weighted by molar-refractivity contribution is 0.682. The molecule has 3 nitrogen and oxygen atoms in total. The van der Waals surface area contributed by atoms with Crippen LogP contribution in [-0.2, 0) is 0 Å². The lowest BCUT2D eigenvalue weighted by Gasteiger charge is -2.07. The first-order chi connectivity index (χ1) is 4.70. The molecule has 0 aromatic heterocycles. The zero-order valence-electron chi connectivity index (χ0n) is 6.94. The lowest BCUT2D eigenvalue weighted by atomic mass is 10.3. The summed E-state index contributed by atoms with van der Waals surface area (Å²) in [7, 11) is 0. The van der Waals surface area contributed by atoms with Crippen molar-refractivity contribution in [3.8, 4) is 0 Å². The van der Waals surface area contributed by atoms with E-state index in [2.05, 4.69) is 24.6 Å². The first-order valence-electron chi connectivity index (χ1n) is 3.62. The molecule has 0 aromatic rings. The average Bonchev–Trinajstić information content (AvgIpc) is 1.90. The molecule has 0 saturated heterocycles. The van der Waals surface area contributed by atoms with Gasteiger partial charge in [-0.05, 0) is 20.3 Å². The predicted molar refractivity (Wildman–Crippen MR) is 44.0 cm³/mol. The number of nitrogens with one attached hydrogen (secondary N) is 2. The van der Waals surface area contributed by atoms with Gasteiger partial charge < -0.3 is 10.7 Å². The standard InChI is InChI=1S/C7H17N3/c1-4-7(10-8)5-9-6(2)3/h5-6,9-10H,4,8H2,1-3H3/b7-5-. The molecule has 60 valence electrons. The summed E-state index contributed by atoms with van der Waals surface area (Å²) in [5, 5.41) is 3.14. The van der Waals surface area contributed by atoms with Gasteiger partial charge in [0, 0.05) is 17.9 Å². The van der Waals surface area contributed by atoms with Crippen LogP contribution in [0, 0.1) is 0 Å². The zero-order chi connectivity index (χ0) is 7.98. The highest BCUT2D eigenvalue weighted by atomic mass is 15.2. The third kappa shape index (κ3) is 4.21. The van der Waals surface area contributed by atoms with Gasteiger partial charge in [0.2, 0.25) is 0 Å². The van der Waals surface area contributed by atoms with Gasteiger partial charge in [-0.3, -0.25) is 5.84 Å². The second-order valence-corrected chi connectivity index (χ2v) is 2.49. The largest absolute Gasteiger partial charge is 0.387 e. The van der Waals surface area contributed by atoms with Crippen molar-refractivity contribution in [2.45, 2.75) is 33.2 Å². The fourth-order valence-corrected chi connectivity index (χ4v) is 0.513. The van der Waals surface area contributed by atoms with Crippen molar-refractivity contribution in [1.29, 1.82) is 0 Å². The zero-order valence-corrected chi connectivity index (χ0v) is 6.94. The molecular weight excluding hydrogens is 126 g/mol. The van der Waals surface area contributed by atoms with Crippen LogP contribution in [0.4, 0.5) is 0 Å². The number of hydrogen-bond donors (Lipinski definition) is 3. The molecule has 3 heteroatoms. The van der Waals surface area contributed by atoms with Crippen molar-refractivity contribution in [3.05, 3.63) is 11.9 Å². The van der Waals surface area contributed by atoms with Crippen molar-refractivity contribution in [3.63, 3.8) is 0 Å². The minimum atomic E-state index is 0.467. The summed E-state index contributed by atoms with van der Waals surface area (Å²) in [5.74, 6) is 5.21. The van der Waals surface area contributed by atoms with Gasteiger partial charge in [0.05, 0.1) is 0 Å². The first-order valence-corrected chi connectivity index (χ1v) is 3.62. The number of hydrazine groups is 1. The molecule has 0 spiro atoms. The fourth-order valence-electron chi connectivity index (χ4n) is 0.513. The van der Waals surface area contributed by atoms with Gasteiger partial charge in [-0.2, -0.15) is 0 Å². The molecule has 0 radical (unpaired) electrons.